The molecule has 1 aromatic rings. The first kappa shape index (κ1) is 15.6. The SMILES string of the molecule is FC(F)(F)c1cc(Br)cnc1NCCCCCCl. The van der Waals surface area contributed by atoms with Gasteiger partial charge in [-0.25, -0.2) is 4.98 Å². The van der Waals surface area contributed by atoms with Crippen LogP contribution in [-0.4, -0.2) is 17.4 Å². The van der Waals surface area contributed by atoms with E-state index in [0.717, 1.165) is 25.3 Å². The van der Waals surface area contributed by atoms with Gasteiger partial charge in [-0.15, -0.1) is 11.6 Å². The van der Waals surface area contributed by atoms with E-state index in [1.165, 1.54) is 6.20 Å². The van der Waals surface area contributed by atoms with Crippen LogP contribution in [0.5, 0.6) is 0 Å². The van der Waals surface area contributed by atoms with E-state index < -0.39 is 11.7 Å². The first-order chi connectivity index (χ1) is 8.45. The summed E-state index contributed by atoms with van der Waals surface area (Å²) in [7, 11) is 0. The fourth-order valence-corrected chi connectivity index (χ4v) is 1.92. The van der Waals surface area contributed by atoms with Gasteiger partial charge in [0.2, 0.25) is 0 Å². The Balaban J connectivity index is 2.65. The van der Waals surface area contributed by atoms with Crippen LogP contribution in [-0.2, 0) is 6.18 Å². The zero-order valence-electron chi connectivity index (χ0n) is 9.53. The predicted octanol–water partition coefficient (Wildman–Crippen LogP) is 4.68. The van der Waals surface area contributed by atoms with Gasteiger partial charge in [-0.1, -0.05) is 6.42 Å². The zero-order valence-corrected chi connectivity index (χ0v) is 11.9. The van der Waals surface area contributed by atoms with Crippen LogP contribution in [0.15, 0.2) is 16.7 Å². The molecule has 0 fully saturated rings. The fourth-order valence-electron chi connectivity index (χ4n) is 1.40. The summed E-state index contributed by atoms with van der Waals surface area (Å²) in [5, 5.41) is 2.71. The molecule has 1 N–H and O–H groups in total. The number of aromatic nitrogens is 1. The normalized spacial score (nSPS) is 11.6. The molecule has 0 bridgehead atoms. The van der Waals surface area contributed by atoms with Crippen LogP contribution >= 0.6 is 27.5 Å². The topological polar surface area (TPSA) is 24.9 Å². The van der Waals surface area contributed by atoms with Crippen LogP contribution in [0.25, 0.3) is 0 Å². The van der Waals surface area contributed by atoms with Crippen LogP contribution in [0, 0.1) is 0 Å². The molecular weight excluding hydrogens is 332 g/mol. The summed E-state index contributed by atoms with van der Waals surface area (Å²) in [5.74, 6) is 0.446. The summed E-state index contributed by atoms with van der Waals surface area (Å²) in [6, 6.07) is 1.02. The average molecular weight is 346 g/mol. The number of anilines is 1. The van der Waals surface area contributed by atoms with E-state index in [4.69, 9.17) is 11.6 Å². The molecule has 0 unspecified atom stereocenters. The molecule has 0 spiro atoms. The Labute approximate surface area is 117 Å². The van der Waals surface area contributed by atoms with Gasteiger partial charge in [0.05, 0.1) is 5.56 Å². The van der Waals surface area contributed by atoms with Gasteiger partial charge in [-0.3, -0.25) is 0 Å². The molecule has 1 heterocycles. The molecule has 0 saturated carbocycles. The number of nitrogens with zero attached hydrogens (tertiary/aromatic N) is 1. The van der Waals surface area contributed by atoms with Crippen molar-refractivity contribution in [2.24, 2.45) is 0 Å². The molecule has 0 amide bonds. The van der Waals surface area contributed by atoms with Gasteiger partial charge in [-0.05, 0) is 34.8 Å². The Hall–Kier alpha value is -0.490. The third-order valence-electron chi connectivity index (χ3n) is 2.26. The Bertz CT molecular complexity index is 385. The first-order valence-corrected chi connectivity index (χ1v) is 6.80. The van der Waals surface area contributed by atoms with Crippen molar-refractivity contribution in [3.63, 3.8) is 0 Å². The summed E-state index contributed by atoms with van der Waals surface area (Å²) in [6.45, 7) is 0.453. The lowest BCUT2D eigenvalue weighted by atomic mass is 10.2. The maximum atomic E-state index is 12.7. The van der Waals surface area contributed by atoms with Crippen molar-refractivity contribution in [2.45, 2.75) is 25.4 Å². The van der Waals surface area contributed by atoms with Crippen molar-refractivity contribution in [3.05, 3.63) is 22.3 Å². The molecule has 1 rings (SSSR count). The third kappa shape index (κ3) is 5.02. The zero-order chi connectivity index (χ0) is 13.6. The maximum Gasteiger partial charge on any atom is 0.419 e. The highest BCUT2D eigenvalue weighted by atomic mass is 79.9. The highest BCUT2D eigenvalue weighted by Crippen LogP contribution is 2.35. The van der Waals surface area contributed by atoms with E-state index in [0.29, 0.717) is 16.9 Å². The van der Waals surface area contributed by atoms with Crippen LogP contribution < -0.4 is 5.32 Å². The lowest BCUT2D eigenvalue weighted by Gasteiger charge is -2.13. The lowest BCUT2D eigenvalue weighted by molar-refractivity contribution is -0.137. The molecule has 0 aliphatic rings. The van der Waals surface area contributed by atoms with Gasteiger partial charge < -0.3 is 5.32 Å². The number of hydrogen-bond acceptors (Lipinski definition) is 2. The molecule has 102 valence electrons. The quantitative estimate of drug-likeness (QED) is 0.598. The molecular formula is C11H13BrClF3N2. The number of hydrogen-bond donors (Lipinski definition) is 1. The highest BCUT2D eigenvalue weighted by molar-refractivity contribution is 9.10. The standard InChI is InChI=1S/C11H13BrClF3N2/c12-8-6-9(11(14,15)16)10(18-7-8)17-5-3-1-2-4-13/h6-7H,1-5H2,(H,17,18). The van der Waals surface area contributed by atoms with Crippen LogP contribution in [0.4, 0.5) is 19.0 Å². The maximum absolute atomic E-state index is 12.7. The Kier molecular flexibility index (Phi) is 6.21. The van der Waals surface area contributed by atoms with E-state index in [9.17, 15) is 13.2 Å². The van der Waals surface area contributed by atoms with Gasteiger partial charge in [0, 0.05) is 23.1 Å². The lowest BCUT2D eigenvalue weighted by Crippen LogP contribution is -2.13. The second-order valence-electron chi connectivity index (χ2n) is 3.72. The van der Waals surface area contributed by atoms with Gasteiger partial charge in [-0.2, -0.15) is 13.2 Å². The van der Waals surface area contributed by atoms with Gasteiger partial charge >= 0.3 is 6.18 Å². The largest absolute Gasteiger partial charge is 0.419 e. The molecule has 0 radical (unpaired) electrons. The van der Waals surface area contributed by atoms with Crippen molar-refractivity contribution in [1.29, 1.82) is 0 Å². The van der Waals surface area contributed by atoms with E-state index >= 15 is 0 Å². The number of alkyl halides is 4. The molecule has 0 saturated heterocycles. The Morgan fingerprint density at radius 1 is 1.28 bits per heavy atom. The third-order valence-corrected chi connectivity index (χ3v) is 2.96. The molecule has 0 aliphatic heterocycles. The van der Waals surface area contributed by atoms with E-state index in [1.807, 2.05) is 0 Å². The second kappa shape index (κ2) is 7.19. The average Bonchev–Trinajstić information content (AvgIpc) is 2.29. The number of halogens is 5. The van der Waals surface area contributed by atoms with Crippen molar-refractivity contribution < 1.29 is 13.2 Å². The smallest absolute Gasteiger partial charge is 0.370 e. The summed E-state index contributed by atoms with van der Waals surface area (Å²) in [4.78, 5) is 3.76. The number of nitrogens with one attached hydrogen (secondary N) is 1. The van der Waals surface area contributed by atoms with Crippen LogP contribution in [0.3, 0.4) is 0 Å². The Morgan fingerprint density at radius 3 is 2.61 bits per heavy atom. The summed E-state index contributed by atoms with van der Waals surface area (Å²) >= 11 is 8.50. The first-order valence-electron chi connectivity index (χ1n) is 5.47. The molecule has 0 aliphatic carbocycles. The molecule has 0 aromatic carbocycles. The number of rotatable bonds is 6. The van der Waals surface area contributed by atoms with E-state index in [2.05, 4.69) is 26.2 Å². The minimum atomic E-state index is -4.41. The van der Waals surface area contributed by atoms with Crippen molar-refractivity contribution in [2.75, 3.05) is 17.7 Å². The van der Waals surface area contributed by atoms with Gasteiger partial charge in [0.1, 0.15) is 5.82 Å². The van der Waals surface area contributed by atoms with Crippen molar-refractivity contribution >= 4 is 33.3 Å². The van der Waals surface area contributed by atoms with Gasteiger partial charge in [0.15, 0.2) is 0 Å². The summed E-state index contributed by atoms with van der Waals surface area (Å²) in [6.07, 6.45) is -0.551. The van der Waals surface area contributed by atoms with Crippen molar-refractivity contribution in [1.82, 2.24) is 4.98 Å². The molecule has 1 aromatic heterocycles. The van der Waals surface area contributed by atoms with Crippen molar-refractivity contribution in [3.8, 4) is 0 Å². The van der Waals surface area contributed by atoms with Gasteiger partial charge in [0.25, 0.3) is 0 Å². The second-order valence-corrected chi connectivity index (χ2v) is 5.02. The van der Waals surface area contributed by atoms with Crippen LogP contribution in [0.2, 0.25) is 0 Å². The predicted molar refractivity (Wildman–Crippen MR) is 70.0 cm³/mol. The number of pyridine rings is 1. The summed E-state index contributed by atoms with van der Waals surface area (Å²) in [5.41, 5.74) is -0.755. The highest BCUT2D eigenvalue weighted by Gasteiger charge is 2.34. The molecule has 7 heteroatoms. The van der Waals surface area contributed by atoms with E-state index in [1.54, 1.807) is 0 Å². The minimum absolute atomic E-state index is 0.128. The molecule has 2 nitrogen and oxygen atoms in total. The monoisotopic (exact) mass is 344 g/mol. The molecule has 18 heavy (non-hydrogen) atoms. The minimum Gasteiger partial charge on any atom is -0.370 e. The number of unbranched alkanes of at least 4 members (excludes halogenated alkanes) is 2. The molecule has 0 atom stereocenters. The van der Waals surface area contributed by atoms with E-state index in [-0.39, 0.29) is 5.82 Å². The Morgan fingerprint density at radius 2 is 2.00 bits per heavy atom. The fraction of sp³-hybridized carbons (Fsp3) is 0.545. The van der Waals surface area contributed by atoms with Crippen LogP contribution in [0.1, 0.15) is 24.8 Å². The summed E-state index contributed by atoms with van der Waals surface area (Å²) < 4.78 is 38.5.